The van der Waals surface area contributed by atoms with Gasteiger partial charge in [-0.3, -0.25) is 0 Å². The number of benzene rings is 1. The predicted molar refractivity (Wildman–Crippen MR) is 135 cm³/mol. The van der Waals surface area contributed by atoms with E-state index >= 15 is 0 Å². The second-order valence-electron chi connectivity index (χ2n) is 9.53. The highest BCUT2D eigenvalue weighted by atomic mass is 32.2. The first-order valence-electron chi connectivity index (χ1n) is 11.8. The van der Waals surface area contributed by atoms with Crippen molar-refractivity contribution in [2.24, 2.45) is 5.92 Å². The first kappa shape index (κ1) is 26.0. The van der Waals surface area contributed by atoms with Gasteiger partial charge in [0.05, 0.1) is 12.8 Å². The molecule has 12 heteroatoms. The molecule has 1 aliphatic heterocycles. The van der Waals surface area contributed by atoms with Crippen LogP contribution in [0.1, 0.15) is 31.7 Å². The lowest BCUT2D eigenvalue weighted by Crippen LogP contribution is -2.31. The molecule has 1 aliphatic rings. The van der Waals surface area contributed by atoms with Crippen LogP contribution in [0.2, 0.25) is 0 Å². The molecular formula is C24H32FN7O3S. The van der Waals surface area contributed by atoms with Crippen molar-refractivity contribution in [2.45, 2.75) is 31.3 Å². The van der Waals surface area contributed by atoms with E-state index in [9.17, 15) is 12.8 Å². The first-order valence-corrected chi connectivity index (χ1v) is 13.2. The van der Waals surface area contributed by atoms with Gasteiger partial charge in [-0.2, -0.15) is 9.29 Å². The first-order chi connectivity index (χ1) is 17.1. The lowest BCUT2D eigenvalue weighted by Gasteiger charge is -2.18. The molecule has 1 atom stereocenters. The molecule has 0 saturated carbocycles. The fourth-order valence-corrected chi connectivity index (χ4v) is 5.83. The van der Waals surface area contributed by atoms with E-state index in [1.54, 1.807) is 18.3 Å². The van der Waals surface area contributed by atoms with Gasteiger partial charge in [-0.05, 0) is 61.7 Å². The maximum Gasteiger partial charge on any atom is 0.278 e. The van der Waals surface area contributed by atoms with Gasteiger partial charge in [0.1, 0.15) is 5.82 Å². The van der Waals surface area contributed by atoms with Gasteiger partial charge in [0.25, 0.3) is 15.2 Å². The van der Waals surface area contributed by atoms with Crippen LogP contribution in [-0.4, -0.2) is 78.6 Å². The van der Waals surface area contributed by atoms with Crippen LogP contribution in [0.15, 0.2) is 35.6 Å². The number of anilines is 2. The Bertz CT molecular complexity index is 1330. The molecule has 0 radical (unpaired) electrons. The van der Waals surface area contributed by atoms with Crippen molar-refractivity contribution in [3.05, 3.63) is 41.8 Å². The normalized spacial score (nSPS) is 16.7. The summed E-state index contributed by atoms with van der Waals surface area (Å²) < 4.78 is 47.7. The molecule has 4 rings (SSSR count). The number of sulfonamides is 1. The number of H-pyrrole nitrogens is 1. The van der Waals surface area contributed by atoms with Crippen LogP contribution >= 0.6 is 0 Å². The number of nitrogens with one attached hydrogen (secondary N) is 2. The van der Waals surface area contributed by atoms with Gasteiger partial charge in [-0.25, -0.2) is 22.9 Å². The Hall–Kier alpha value is -3.09. The number of nitrogens with zero attached hydrogens (tertiary/aromatic N) is 5. The number of halogens is 1. The summed E-state index contributed by atoms with van der Waals surface area (Å²) in [6.07, 6.45) is 2.37. The van der Waals surface area contributed by atoms with Gasteiger partial charge >= 0.3 is 0 Å². The van der Waals surface area contributed by atoms with E-state index in [0.717, 1.165) is 13.0 Å². The SMILES string of the molecule is COc1cc(-c2cc(F)cc(C(C)C)c2Nc2n[nH]c(S(=O)(=O)N3CCC(CN(C)C)C3)n2)ccn1. The van der Waals surface area contributed by atoms with E-state index in [4.69, 9.17) is 4.74 Å². The minimum Gasteiger partial charge on any atom is -0.481 e. The molecule has 1 fully saturated rings. The second kappa shape index (κ2) is 10.5. The summed E-state index contributed by atoms with van der Waals surface area (Å²) in [6, 6.07) is 6.31. The summed E-state index contributed by atoms with van der Waals surface area (Å²) >= 11 is 0. The van der Waals surface area contributed by atoms with Gasteiger partial charge in [0, 0.05) is 37.5 Å². The van der Waals surface area contributed by atoms with Crippen LogP contribution in [0.5, 0.6) is 5.88 Å². The number of methoxy groups -OCH3 is 1. The monoisotopic (exact) mass is 517 g/mol. The Morgan fingerprint density at radius 1 is 1.31 bits per heavy atom. The molecule has 0 aliphatic carbocycles. The van der Waals surface area contributed by atoms with E-state index in [1.165, 1.54) is 23.5 Å². The van der Waals surface area contributed by atoms with Gasteiger partial charge in [-0.1, -0.05) is 13.8 Å². The molecule has 2 aromatic heterocycles. The molecule has 1 saturated heterocycles. The average Bonchev–Trinajstić information content (AvgIpc) is 3.50. The molecule has 36 heavy (non-hydrogen) atoms. The molecule has 1 aromatic carbocycles. The van der Waals surface area contributed by atoms with E-state index in [0.29, 0.717) is 41.3 Å². The van der Waals surface area contributed by atoms with Crippen molar-refractivity contribution in [1.82, 2.24) is 29.4 Å². The summed E-state index contributed by atoms with van der Waals surface area (Å²) in [5, 5.41) is 9.59. The summed E-state index contributed by atoms with van der Waals surface area (Å²) in [4.78, 5) is 10.4. The molecule has 0 bridgehead atoms. The molecule has 194 valence electrons. The number of hydrogen-bond donors (Lipinski definition) is 2. The quantitative estimate of drug-likeness (QED) is 0.443. The zero-order chi connectivity index (χ0) is 26.0. The van der Waals surface area contributed by atoms with Crippen molar-refractivity contribution >= 4 is 21.7 Å². The highest BCUT2D eigenvalue weighted by Gasteiger charge is 2.35. The maximum atomic E-state index is 14.6. The van der Waals surface area contributed by atoms with E-state index in [1.807, 2.05) is 27.9 Å². The van der Waals surface area contributed by atoms with Crippen LogP contribution in [0.4, 0.5) is 16.0 Å². The van der Waals surface area contributed by atoms with Crippen LogP contribution in [0.3, 0.4) is 0 Å². The zero-order valence-electron chi connectivity index (χ0n) is 21.1. The number of rotatable bonds is 9. The fraction of sp³-hybridized carbons (Fsp3) is 0.458. The largest absolute Gasteiger partial charge is 0.481 e. The molecule has 10 nitrogen and oxygen atoms in total. The van der Waals surface area contributed by atoms with Gasteiger partial charge in [0.15, 0.2) is 0 Å². The Balaban J connectivity index is 1.66. The number of pyridine rings is 1. The average molecular weight is 518 g/mol. The van der Waals surface area contributed by atoms with Crippen molar-refractivity contribution in [3.8, 4) is 17.0 Å². The highest BCUT2D eigenvalue weighted by molar-refractivity contribution is 7.89. The van der Waals surface area contributed by atoms with Gasteiger partial charge in [0.2, 0.25) is 11.8 Å². The summed E-state index contributed by atoms with van der Waals surface area (Å²) in [7, 11) is 1.64. The summed E-state index contributed by atoms with van der Waals surface area (Å²) in [5.74, 6) is 0.301. The Morgan fingerprint density at radius 3 is 2.78 bits per heavy atom. The molecule has 3 heterocycles. The highest BCUT2D eigenvalue weighted by Crippen LogP contribution is 2.38. The third kappa shape index (κ3) is 5.50. The number of hydrogen-bond acceptors (Lipinski definition) is 8. The third-order valence-electron chi connectivity index (χ3n) is 6.17. The fourth-order valence-electron chi connectivity index (χ4n) is 4.47. The minimum atomic E-state index is -3.82. The maximum absolute atomic E-state index is 14.6. The van der Waals surface area contributed by atoms with E-state index in [2.05, 4.69) is 30.4 Å². The van der Waals surface area contributed by atoms with Gasteiger partial charge < -0.3 is 15.0 Å². The van der Waals surface area contributed by atoms with Crippen LogP contribution in [0.25, 0.3) is 11.1 Å². The topological polar surface area (TPSA) is 116 Å². The van der Waals surface area contributed by atoms with E-state index in [-0.39, 0.29) is 22.9 Å². The zero-order valence-corrected chi connectivity index (χ0v) is 21.9. The summed E-state index contributed by atoms with van der Waals surface area (Å²) in [6.45, 7) is 5.59. The van der Waals surface area contributed by atoms with Crippen LogP contribution < -0.4 is 10.1 Å². The van der Waals surface area contributed by atoms with Crippen LogP contribution in [-0.2, 0) is 10.0 Å². The predicted octanol–water partition coefficient (Wildman–Crippen LogP) is 3.45. The third-order valence-corrected chi connectivity index (χ3v) is 7.85. The minimum absolute atomic E-state index is 0.0361. The standard InChI is InChI=1S/C24H32FN7O3S/c1-15(2)19-11-18(25)12-20(17-6-8-26-21(10-17)35-5)22(19)27-23-28-24(30-29-23)36(33,34)32-9-7-16(14-32)13-31(3)4/h6,8,10-12,15-16H,7,9,13-14H2,1-5H3,(H2,27,28,29,30). The summed E-state index contributed by atoms with van der Waals surface area (Å²) in [5.41, 5.74) is 2.51. The van der Waals surface area contributed by atoms with Gasteiger partial charge in [-0.15, -0.1) is 5.10 Å². The lowest BCUT2D eigenvalue weighted by atomic mass is 9.94. The lowest BCUT2D eigenvalue weighted by molar-refractivity contribution is 0.329. The van der Waals surface area contributed by atoms with Crippen LogP contribution in [0, 0.1) is 11.7 Å². The van der Waals surface area contributed by atoms with Crippen molar-refractivity contribution in [2.75, 3.05) is 46.2 Å². The van der Waals surface area contributed by atoms with Crippen molar-refractivity contribution < 1.29 is 17.5 Å². The molecule has 2 N–H and O–H groups in total. The van der Waals surface area contributed by atoms with Crippen molar-refractivity contribution in [3.63, 3.8) is 0 Å². The Labute approximate surface area is 211 Å². The number of aromatic nitrogens is 4. The molecular weight excluding hydrogens is 485 g/mol. The molecule has 1 unspecified atom stereocenters. The smallest absolute Gasteiger partial charge is 0.278 e. The number of ether oxygens (including phenoxy) is 1. The second-order valence-corrected chi connectivity index (χ2v) is 11.4. The van der Waals surface area contributed by atoms with Crippen molar-refractivity contribution in [1.29, 1.82) is 0 Å². The Kier molecular flexibility index (Phi) is 7.57. The van der Waals surface area contributed by atoms with E-state index < -0.39 is 15.8 Å². The number of aromatic amines is 1. The Morgan fingerprint density at radius 2 is 2.08 bits per heavy atom. The molecule has 0 spiro atoms. The molecule has 0 amide bonds. The molecule has 3 aromatic rings.